The van der Waals surface area contributed by atoms with Gasteiger partial charge < -0.3 is 15.2 Å². The molecule has 1 aromatic carbocycles. The number of primary amides is 1. The molecule has 0 atom stereocenters. The summed E-state index contributed by atoms with van der Waals surface area (Å²) in [6, 6.07) is 4.23. The minimum atomic E-state index is -0.186. The van der Waals surface area contributed by atoms with E-state index in [-0.39, 0.29) is 5.91 Å². The number of nitrogens with zero attached hydrogens (tertiary/aromatic N) is 1. The average molecular weight is 334 g/mol. The maximum absolute atomic E-state index is 10.7. The lowest BCUT2D eigenvalue weighted by Gasteiger charge is -2.29. The number of fused-ring (bicyclic) bond motifs is 1. The van der Waals surface area contributed by atoms with Gasteiger partial charge in [-0.3, -0.25) is 9.69 Å². The molecule has 1 aromatic rings. The molecule has 5 heteroatoms. The Labute approximate surface area is 145 Å². The summed E-state index contributed by atoms with van der Waals surface area (Å²) in [5, 5.41) is 0. The Morgan fingerprint density at radius 3 is 2.33 bits per heavy atom. The Morgan fingerprint density at radius 2 is 1.67 bits per heavy atom. The second-order valence-electron chi connectivity index (χ2n) is 6.49. The quantitative estimate of drug-likeness (QED) is 0.668. The Balaban J connectivity index is 1.73. The van der Waals surface area contributed by atoms with Crippen molar-refractivity contribution in [2.24, 2.45) is 5.73 Å². The Bertz CT molecular complexity index is 546. The van der Waals surface area contributed by atoms with Gasteiger partial charge in [0.2, 0.25) is 5.91 Å². The van der Waals surface area contributed by atoms with Crippen molar-refractivity contribution in [2.45, 2.75) is 51.5 Å². The van der Waals surface area contributed by atoms with E-state index < -0.39 is 0 Å². The van der Waals surface area contributed by atoms with Crippen LogP contribution in [0.3, 0.4) is 0 Å². The minimum absolute atomic E-state index is 0.186. The Hall–Kier alpha value is -1.75. The lowest BCUT2D eigenvalue weighted by atomic mass is 9.98. The number of carbonyl (C=O) groups excluding carboxylic acids is 1. The van der Waals surface area contributed by atoms with Gasteiger partial charge in [-0.05, 0) is 49.1 Å². The van der Waals surface area contributed by atoms with E-state index in [4.69, 9.17) is 15.2 Å². The molecule has 5 nitrogen and oxygen atoms in total. The first-order valence-corrected chi connectivity index (χ1v) is 8.88. The zero-order chi connectivity index (χ0) is 17.4. The van der Waals surface area contributed by atoms with E-state index in [1.54, 1.807) is 14.2 Å². The van der Waals surface area contributed by atoms with Crippen LogP contribution in [0, 0.1) is 0 Å². The summed E-state index contributed by atoms with van der Waals surface area (Å²) in [5.41, 5.74) is 7.86. The van der Waals surface area contributed by atoms with Crippen LogP contribution in [0.15, 0.2) is 12.1 Å². The van der Waals surface area contributed by atoms with Crippen molar-refractivity contribution in [1.29, 1.82) is 0 Å². The summed E-state index contributed by atoms with van der Waals surface area (Å²) in [4.78, 5) is 13.2. The molecule has 0 radical (unpaired) electrons. The van der Waals surface area contributed by atoms with Crippen LogP contribution in [0.1, 0.15) is 49.7 Å². The largest absolute Gasteiger partial charge is 0.493 e. The summed E-state index contributed by atoms with van der Waals surface area (Å²) in [6.45, 7) is 3.21. The van der Waals surface area contributed by atoms with Crippen molar-refractivity contribution in [3.63, 3.8) is 0 Å². The topological polar surface area (TPSA) is 64.8 Å². The maximum atomic E-state index is 10.7. The average Bonchev–Trinajstić information content (AvgIpc) is 2.59. The highest BCUT2D eigenvalue weighted by atomic mass is 16.5. The molecule has 1 aliphatic heterocycles. The molecule has 0 saturated heterocycles. The van der Waals surface area contributed by atoms with Crippen LogP contribution in [0.5, 0.6) is 11.5 Å². The van der Waals surface area contributed by atoms with E-state index in [2.05, 4.69) is 17.0 Å². The summed E-state index contributed by atoms with van der Waals surface area (Å²) < 4.78 is 10.8. The molecule has 0 saturated carbocycles. The Morgan fingerprint density at radius 1 is 1.04 bits per heavy atom. The van der Waals surface area contributed by atoms with Gasteiger partial charge in [-0.15, -0.1) is 0 Å². The molecule has 2 N–H and O–H groups in total. The Kier molecular flexibility index (Phi) is 7.37. The number of carbonyl (C=O) groups is 1. The zero-order valence-corrected chi connectivity index (χ0v) is 15.0. The van der Waals surface area contributed by atoms with Gasteiger partial charge >= 0.3 is 0 Å². The van der Waals surface area contributed by atoms with Gasteiger partial charge in [0, 0.05) is 19.5 Å². The normalized spacial score (nSPS) is 14.2. The van der Waals surface area contributed by atoms with Crippen LogP contribution >= 0.6 is 0 Å². The summed E-state index contributed by atoms with van der Waals surface area (Å²) in [6.07, 6.45) is 7.22. The van der Waals surface area contributed by atoms with E-state index >= 15 is 0 Å². The molecule has 24 heavy (non-hydrogen) atoms. The predicted molar refractivity (Wildman–Crippen MR) is 95.4 cm³/mol. The third kappa shape index (κ3) is 5.41. The predicted octanol–water partition coefficient (Wildman–Crippen LogP) is 2.89. The molecule has 0 bridgehead atoms. The molecule has 2 rings (SSSR count). The van der Waals surface area contributed by atoms with Crippen LogP contribution in [0.2, 0.25) is 0 Å². The smallest absolute Gasteiger partial charge is 0.217 e. The molecule has 0 aromatic heterocycles. The van der Waals surface area contributed by atoms with Gasteiger partial charge in [0.05, 0.1) is 14.2 Å². The molecule has 0 fully saturated rings. The first-order chi connectivity index (χ1) is 11.6. The molecule has 1 aliphatic rings. The summed E-state index contributed by atoms with van der Waals surface area (Å²) in [5.74, 6) is 1.45. The van der Waals surface area contributed by atoms with Crippen LogP contribution in [0.4, 0.5) is 0 Å². The fraction of sp³-hybridized carbons (Fsp3) is 0.632. The third-order valence-electron chi connectivity index (χ3n) is 4.69. The fourth-order valence-electron chi connectivity index (χ4n) is 3.30. The number of unbranched alkanes of at least 4 members (excludes halogenated alkanes) is 4. The van der Waals surface area contributed by atoms with Crippen LogP contribution in [0.25, 0.3) is 0 Å². The molecule has 1 amide bonds. The van der Waals surface area contributed by atoms with Gasteiger partial charge in [-0.1, -0.05) is 19.3 Å². The molecule has 0 unspecified atom stereocenters. The van der Waals surface area contributed by atoms with Crippen LogP contribution in [-0.2, 0) is 17.8 Å². The number of ether oxygens (including phenoxy) is 2. The highest BCUT2D eigenvalue weighted by Crippen LogP contribution is 2.33. The van der Waals surface area contributed by atoms with Crippen molar-refractivity contribution in [1.82, 2.24) is 4.90 Å². The number of methoxy groups -OCH3 is 2. The van der Waals surface area contributed by atoms with Crippen molar-refractivity contribution >= 4 is 5.91 Å². The molecular weight excluding hydrogens is 304 g/mol. The van der Waals surface area contributed by atoms with E-state index in [0.717, 1.165) is 50.4 Å². The number of hydrogen-bond acceptors (Lipinski definition) is 4. The molecule has 134 valence electrons. The number of amides is 1. The minimum Gasteiger partial charge on any atom is -0.493 e. The van der Waals surface area contributed by atoms with Gasteiger partial charge in [-0.25, -0.2) is 0 Å². The first-order valence-electron chi connectivity index (χ1n) is 8.88. The fourth-order valence-corrected chi connectivity index (χ4v) is 3.30. The van der Waals surface area contributed by atoms with Crippen LogP contribution < -0.4 is 15.2 Å². The number of nitrogens with two attached hydrogens (primary N) is 1. The molecular formula is C19H30N2O3. The van der Waals surface area contributed by atoms with Crippen molar-refractivity contribution in [2.75, 3.05) is 27.3 Å². The second-order valence-corrected chi connectivity index (χ2v) is 6.49. The monoisotopic (exact) mass is 334 g/mol. The van der Waals surface area contributed by atoms with Gasteiger partial charge in [0.1, 0.15) is 0 Å². The first kappa shape index (κ1) is 18.6. The van der Waals surface area contributed by atoms with Gasteiger partial charge in [-0.2, -0.15) is 0 Å². The second kappa shape index (κ2) is 9.52. The van der Waals surface area contributed by atoms with E-state index in [1.807, 2.05) is 0 Å². The summed E-state index contributed by atoms with van der Waals surface area (Å²) >= 11 is 0. The van der Waals surface area contributed by atoms with Crippen molar-refractivity contribution < 1.29 is 14.3 Å². The van der Waals surface area contributed by atoms with E-state index in [9.17, 15) is 4.79 Å². The lowest BCUT2D eigenvalue weighted by Crippen LogP contribution is -2.31. The molecule has 0 spiro atoms. The van der Waals surface area contributed by atoms with Gasteiger partial charge in [0.25, 0.3) is 0 Å². The summed E-state index contributed by atoms with van der Waals surface area (Å²) in [7, 11) is 3.37. The highest BCUT2D eigenvalue weighted by molar-refractivity contribution is 5.73. The number of rotatable bonds is 10. The molecule has 1 heterocycles. The lowest BCUT2D eigenvalue weighted by molar-refractivity contribution is -0.118. The highest BCUT2D eigenvalue weighted by Gasteiger charge is 2.18. The SMILES string of the molecule is COc1cc2c(cc1OC)CN(CCCCCCCC(N)=O)CC2. The van der Waals surface area contributed by atoms with E-state index in [0.29, 0.717) is 6.42 Å². The third-order valence-corrected chi connectivity index (χ3v) is 4.69. The van der Waals surface area contributed by atoms with E-state index in [1.165, 1.54) is 30.4 Å². The number of benzene rings is 1. The zero-order valence-electron chi connectivity index (χ0n) is 15.0. The van der Waals surface area contributed by atoms with Crippen molar-refractivity contribution in [3.05, 3.63) is 23.3 Å². The van der Waals surface area contributed by atoms with Gasteiger partial charge in [0.15, 0.2) is 11.5 Å². The van der Waals surface area contributed by atoms with Crippen molar-refractivity contribution in [3.8, 4) is 11.5 Å². The molecule has 0 aliphatic carbocycles. The maximum Gasteiger partial charge on any atom is 0.217 e. The number of hydrogen-bond donors (Lipinski definition) is 1. The standard InChI is InChI=1S/C19H30N2O3/c1-23-17-12-15-9-11-21(14-16(15)13-18(17)24-2)10-7-5-3-4-6-8-19(20)22/h12-13H,3-11,14H2,1-2H3,(H2,20,22). The van der Waals surface area contributed by atoms with Crippen LogP contribution in [-0.4, -0.2) is 38.1 Å².